The average Bonchev–Trinajstić information content (AvgIpc) is 3.13. The molecule has 0 aliphatic carbocycles. The van der Waals surface area contributed by atoms with E-state index in [1.807, 2.05) is 33.9 Å². The number of aryl methyl sites for hydroxylation is 2. The predicted octanol–water partition coefficient (Wildman–Crippen LogP) is 4.93. The molecule has 0 atom stereocenters. The van der Waals surface area contributed by atoms with Crippen molar-refractivity contribution in [3.63, 3.8) is 0 Å². The molecule has 0 radical (unpaired) electrons. The maximum atomic E-state index is 12.3. The summed E-state index contributed by atoms with van der Waals surface area (Å²) >= 11 is 0. The molecule has 304 valence electrons. The third-order valence-corrected chi connectivity index (χ3v) is 10.00. The van der Waals surface area contributed by atoms with Crippen LogP contribution < -0.4 is 43.1 Å². The second-order valence-corrected chi connectivity index (χ2v) is 14.8. The van der Waals surface area contributed by atoms with Crippen molar-refractivity contribution >= 4 is 11.9 Å². The highest BCUT2D eigenvalue weighted by molar-refractivity contribution is 5.67. The maximum absolute atomic E-state index is 12.3. The van der Waals surface area contributed by atoms with Gasteiger partial charge in [-0.15, -0.1) is 0 Å². The number of esters is 2. The zero-order valence-corrected chi connectivity index (χ0v) is 37.0. The van der Waals surface area contributed by atoms with Crippen LogP contribution in [-0.2, 0) is 45.0 Å². The minimum atomic E-state index is -0.162. The van der Waals surface area contributed by atoms with E-state index in [0.29, 0.717) is 13.2 Å². The molecule has 0 bridgehead atoms. The van der Waals surface area contributed by atoms with Gasteiger partial charge in [-0.2, -0.15) is 9.13 Å². The van der Waals surface area contributed by atoms with Crippen LogP contribution in [0.4, 0.5) is 0 Å². The summed E-state index contributed by atoms with van der Waals surface area (Å²) in [5.41, 5.74) is 2.52. The molecular weight excluding hydrogens is 792 g/mol. The van der Waals surface area contributed by atoms with Gasteiger partial charge < -0.3 is 43.4 Å². The number of pyridine rings is 2. The summed E-state index contributed by atoms with van der Waals surface area (Å²) in [4.78, 5) is 24.6. The Morgan fingerprint density at radius 2 is 0.679 bits per heavy atom. The average molecular weight is 869 g/mol. The van der Waals surface area contributed by atoms with Gasteiger partial charge in [0.15, 0.2) is 24.8 Å². The minimum Gasteiger partial charge on any atom is -1.00 e. The van der Waals surface area contributed by atoms with Crippen LogP contribution in [0.2, 0.25) is 0 Å². The number of aromatic nitrogens is 2. The Morgan fingerprint density at radius 3 is 0.962 bits per heavy atom. The summed E-state index contributed by atoms with van der Waals surface area (Å²) in [7, 11) is 0. The van der Waals surface area contributed by atoms with Gasteiger partial charge in [-0.3, -0.25) is 0 Å². The molecule has 2 aromatic rings. The van der Waals surface area contributed by atoms with Gasteiger partial charge in [0.2, 0.25) is 13.1 Å². The van der Waals surface area contributed by atoms with Gasteiger partial charge in [0, 0.05) is 24.3 Å². The summed E-state index contributed by atoms with van der Waals surface area (Å²) in [6, 6.07) is 8.39. The van der Waals surface area contributed by atoms with Crippen molar-refractivity contribution < 1.29 is 62.2 Å². The number of carbonyl (C=O) groups is 2. The van der Waals surface area contributed by atoms with Crippen LogP contribution in [0.25, 0.3) is 0 Å². The Bertz CT molecular complexity index is 1030. The normalized spacial score (nSPS) is 10.8. The summed E-state index contributed by atoms with van der Waals surface area (Å²) in [5, 5.41) is 0. The van der Waals surface area contributed by atoms with Crippen molar-refractivity contribution in [2.75, 3.05) is 13.2 Å². The van der Waals surface area contributed by atoms with Crippen molar-refractivity contribution in [1.82, 2.24) is 0 Å². The van der Waals surface area contributed by atoms with E-state index in [4.69, 9.17) is 9.47 Å². The lowest BCUT2D eigenvalue weighted by atomic mass is 10.1. The molecule has 0 aliphatic heterocycles. The fraction of sp³-hybridized carbons (Fsp3) is 0.733. The third kappa shape index (κ3) is 30.1. The number of carbonyl (C=O) groups excluding carboxylic acids is 2. The molecule has 0 N–H and O–H groups in total. The van der Waals surface area contributed by atoms with E-state index >= 15 is 0 Å². The predicted molar refractivity (Wildman–Crippen MR) is 209 cm³/mol. The zero-order valence-electron chi connectivity index (χ0n) is 33.8. The summed E-state index contributed by atoms with van der Waals surface area (Å²) in [6.07, 6.45) is 42.2. The maximum Gasteiger partial charge on any atom is 0.372 e. The second kappa shape index (κ2) is 37.1. The van der Waals surface area contributed by atoms with Crippen LogP contribution >= 0.6 is 0 Å². The van der Waals surface area contributed by atoms with Gasteiger partial charge in [0.05, 0.1) is 13.2 Å². The summed E-state index contributed by atoms with van der Waals surface area (Å²) in [6.45, 7) is 6.11. The number of halogens is 2. The molecule has 6 nitrogen and oxygen atoms in total. The first-order valence-electron chi connectivity index (χ1n) is 21.4. The van der Waals surface area contributed by atoms with Crippen molar-refractivity contribution in [2.45, 2.75) is 200 Å². The molecule has 0 unspecified atom stereocenters. The van der Waals surface area contributed by atoms with Crippen molar-refractivity contribution in [3.8, 4) is 0 Å². The SMILES string of the molecule is CCCCCCCCCCCCCCOC(=O)C[n+]1ccc(CCCc2cc[n+](CC(=O)OCCCCCCCCCCCCCC)cc2)cc1.[Br-].[Br-]. The van der Waals surface area contributed by atoms with E-state index in [-0.39, 0.29) is 59.0 Å². The molecule has 0 amide bonds. The van der Waals surface area contributed by atoms with Crippen molar-refractivity contribution in [1.29, 1.82) is 0 Å². The number of rotatable bonds is 34. The van der Waals surface area contributed by atoms with Crippen LogP contribution in [0, 0.1) is 0 Å². The quantitative estimate of drug-likeness (QED) is 0.0570. The smallest absolute Gasteiger partial charge is 0.372 e. The monoisotopic (exact) mass is 866 g/mol. The molecule has 0 aliphatic rings. The number of unbranched alkanes of at least 4 members (excludes halogenated alkanes) is 22. The van der Waals surface area contributed by atoms with E-state index in [2.05, 4.69) is 38.1 Å². The molecular formula is C45H76Br2N2O4. The fourth-order valence-electron chi connectivity index (χ4n) is 6.66. The van der Waals surface area contributed by atoms with Crippen molar-refractivity contribution in [2.24, 2.45) is 0 Å². The topological polar surface area (TPSA) is 60.4 Å². The van der Waals surface area contributed by atoms with Gasteiger partial charge in [-0.1, -0.05) is 155 Å². The van der Waals surface area contributed by atoms with Crippen LogP contribution in [0.3, 0.4) is 0 Å². The van der Waals surface area contributed by atoms with Gasteiger partial charge in [0.25, 0.3) is 0 Å². The van der Waals surface area contributed by atoms with E-state index < -0.39 is 0 Å². The van der Waals surface area contributed by atoms with E-state index in [1.54, 1.807) is 0 Å². The largest absolute Gasteiger partial charge is 1.00 e. The highest BCUT2D eigenvalue weighted by atomic mass is 79.9. The molecule has 8 heteroatoms. The molecule has 2 rings (SSSR count). The van der Waals surface area contributed by atoms with Gasteiger partial charge in [-0.25, -0.2) is 9.59 Å². The minimum absolute atomic E-state index is 0. The van der Waals surface area contributed by atoms with Crippen LogP contribution in [0.15, 0.2) is 49.1 Å². The standard InChI is InChI=1S/C45H76N2O4.2BrH/c1-3-5-7-9-11-13-15-17-19-21-23-25-38-50-44(48)40-46-34-30-42(31-35-46)28-27-29-43-32-36-47(37-33-43)41-45(49)51-39-26-24-22-20-18-16-14-12-10-8-6-4-2;;/h30-37H,3-29,38-41H2,1-2H3;2*1H/q+2;;/p-2. The molecule has 2 heterocycles. The lowest BCUT2D eigenvalue weighted by Gasteiger charge is -2.05. The Hall–Kier alpha value is -1.80. The van der Waals surface area contributed by atoms with Gasteiger partial charge >= 0.3 is 11.9 Å². The van der Waals surface area contributed by atoms with Crippen molar-refractivity contribution in [3.05, 3.63) is 60.2 Å². The Kier molecular flexibility index (Phi) is 35.9. The Labute approximate surface area is 346 Å². The van der Waals surface area contributed by atoms with E-state index in [1.165, 1.54) is 140 Å². The van der Waals surface area contributed by atoms with E-state index in [9.17, 15) is 9.59 Å². The zero-order chi connectivity index (χ0) is 36.5. The molecule has 0 aromatic carbocycles. The van der Waals surface area contributed by atoms with E-state index in [0.717, 1.165) is 44.9 Å². The van der Waals surface area contributed by atoms with Crippen LogP contribution in [0.1, 0.15) is 185 Å². The summed E-state index contributed by atoms with van der Waals surface area (Å²) < 4.78 is 14.7. The van der Waals surface area contributed by atoms with Crippen LogP contribution in [-0.4, -0.2) is 25.2 Å². The molecule has 0 saturated carbocycles. The van der Waals surface area contributed by atoms with Gasteiger partial charge in [0.1, 0.15) is 0 Å². The Morgan fingerprint density at radius 1 is 0.415 bits per heavy atom. The highest BCUT2D eigenvalue weighted by Gasteiger charge is 2.12. The molecule has 0 saturated heterocycles. The molecule has 2 aromatic heterocycles. The molecule has 0 spiro atoms. The fourth-order valence-corrected chi connectivity index (χ4v) is 6.66. The third-order valence-electron chi connectivity index (χ3n) is 10.00. The first kappa shape index (κ1) is 51.2. The Balaban J connectivity index is 0.0000135. The first-order valence-corrected chi connectivity index (χ1v) is 21.4. The lowest BCUT2D eigenvalue weighted by Crippen LogP contribution is -3.00. The van der Waals surface area contributed by atoms with Gasteiger partial charge in [-0.05, 0) is 43.2 Å². The number of nitrogens with zero attached hydrogens (tertiary/aromatic N) is 2. The number of hydrogen-bond donors (Lipinski definition) is 0. The number of hydrogen-bond acceptors (Lipinski definition) is 4. The first-order chi connectivity index (χ1) is 25.1. The number of ether oxygens (including phenoxy) is 2. The summed E-state index contributed by atoms with van der Waals surface area (Å²) in [5.74, 6) is -0.324. The highest BCUT2D eigenvalue weighted by Crippen LogP contribution is 2.13. The molecule has 0 fully saturated rings. The second-order valence-electron chi connectivity index (χ2n) is 14.8. The molecule has 53 heavy (non-hydrogen) atoms. The lowest BCUT2D eigenvalue weighted by molar-refractivity contribution is -0.686. The van der Waals surface area contributed by atoms with Crippen LogP contribution in [0.5, 0.6) is 0 Å².